The first-order valence-corrected chi connectivity index (χ1v) is 5.18. The SMILES string of the molecule is CC1CCNC(C)(C)CN1CC(F)F. The minimum atomic E-state index is -2.23. The Morgan fingerprint density at radius 2 is 2.14 bits per heavy atom. The molecule has 1 saturated heterocycles. The van der Waals surface area contributed by atoms with Crippen molar-refractivity contribution in [2.45, 2.75) is 45.2 Å². The number of hydrogen-bond acceptors (Lipinski definition) is 2. The molecule has 1 N–H and O–H groups in total. The third-order valence-corrected chi connectivity index (χ3v) is 2.76. The van der Waals surface area contributed by atoms with Crippen molar-refractivity contribution in [3.8, 4) is 0 Å². The minimum Gasteiger partial charge on any atom is -0.310 e. The predicted molar refractivity (Wildman–Crippen MR) is 53.7 cm³/mol. The molecule has 1 heterocycles. The Morgan fingerprint density at radius 1 is 1.50 bits per heavy atom. The smallest absolute Gasteiger partial charge is 0.251 e. The number of hydrogen-bond donors (Lipinski definition) is 1. The Morgan fingerprint density at radius 3 is 2.71 bits per heavy atom. The van der Waals surface area contributed by atoms with E-state index in [1.807, 2.05) is 11.8 Å². The molecule has 0 aromatic carbocycles. The summed E-state index contributed by atoms with van der Waals surface area (Å²) in [5, 5.41) is 3.37. The van der Waals surface area contributed by atoms with Gasteiger partial charge in [0.25, 0.3) is 6.43 Å². The highest BCUT2D eigenvalue weighted by Gasteiger charge is 2.29. The fourth-order valence-electron chi connectivity index (χ4n) is 1.94. The van der Waals surface area contributed by atoms with Crippen molar-refractivity contribution in [2.24, 2.45) is 0 Å². The zero-order valence-electron chi connectivity index (χ0n) is 9.19. The van der Waals surface area contributed by atoms with E-state index in [0.29, 0.717) is 6.54 Å². The van der Waals surface area contributed by atoms with Crippen molar-refractivity contribution >= 4 is 0 Å². The van der Waals surface area contributed by atoms with E-state index in [-0.39, 0.29) is 18.1 Å². The molecule has 1 aliphatic rings. The molecule has 0 spiro atoms. The minimum absolute atomic E-state index is 0.0559. The summed E-state index contributed by atoms with van der Waals surface area (Å²) in [4.78, 5) is 1.88. The second kappa shape index (κ2) is 4.53. The summed E-state index contributed by atoms with van der Waals surface area (Å²) in [6, 6.07) is 0.248. The Labute approximate surface area is 84.7 Å². The number of nitrogens with one attached hydrogen (secondary N) is 1. The molecule has 4 heteroatoms. The van der Waals surface area contributed by atoms with E-state index in [1.165, 1.54) is 0 Å². The summed E-state index contributed by atoms with van der Waals surface area (Å²) >= 11 is 0. The number of halogens is 2. The summed E-state index contributed by atoms with van der Waals surface area (Å²) in [6.45, 7) is 7.64. The van der Waals surface area contributed by atoms with Gasteiger partial charge in [-0.2, -0.15) is 0 Å². The van der Waals surface area contributed by atoms with Gasteiger partial charge < -0.3 is 5.32 Å². The van der Waals surface area contributed by atoms with Gasteiger partial charge in [0.05, 0.1) is 6.54 Å². The third kappa shape index (κ3) is 3.50. The maximum Gasteiger partial charge on any atom is 0.251 e. The van der Waals surface area contributed by atoms with Gasteiger partial charge in [-0.15, -0.1) is 0 Å². The van der Waals surface area contributed by atoms with Crippen molar-refractivity contribution in [3.63, 3.8) is 0 Å². The average molecular weight is 206 g/mol. The highest BCUT2D eigenvalue weighted by molar-refractivity contribution is 4.87. The maximum absolute atomic E-state index is 12.3. The van der Waals surface area contributed by atoms with Crippen LogP contribution < -0.4 is 5.32 Å². The second-order valence-corrected chi connectivity index (χ2v) is 4.77. The van der Waals surface area contributed by atoms with E-state index in [0.717, 1.165) is 13.0 Å². The van der Waals surface area contributed by atoms with E-state index >= 15 is 0 Å². The van der Waals surface area contributed by atoms with Crippen LogP contribution in [0.3, 0.4) is 0 Å². The molecule has 1 unspecified atom stereocenters. The zero-order valence-corrected chi connectivity index (χ0v) is 9.19. The topological polar surface area (TPSA) is 15.3 Å². The molecule has 0 saturated carbocycles. The van der Waals surface area contributed by atoms with Gasteiger partial charge in [-0.25, -0.2) is 8.78 Å². The lowest BCUT2D eigenvalue weighted by atomic mass is 10.1. The van der Waals surface area contributed by atoms with E-state index in [4.69, 9.17) is 0 Å². The Bertz CT molecular complexity index is 183. The second-order valence-electron chi connectivity index (χ2n) is 4.77. The maximum atomic E-state index is 12.3. The van der Waals surface area contributed by atoms with Gasteiger partial charge in [0.2, 0.25) is 0 Å². The van der Waals surface area contributed by atoms with Crippen LogP contribution in [0.15, 0.2) is 0 Å². The van der Waals surface area contributed by atoms with Gasteiger partial charge in [0, 0.05) is 18.1 Å². The van der Waals surface area contributed by atoms with Gasteiger partial charge in [-0.05, 0) is 33.7 Å². The van der Waals surface area contributed by atoms with Crippen LogP contribution in [0, 0.1) is 0 Å². The summed E-state index contributed by atoms with van der Waals surface area (Å²) < 4.78 is 24.6. The number of nitrogens with zero attached hydrogens (tertiary/aromatic N) is 1. The van der Waals surface area contributed by atoms with Gasteiger partial charge in [0.15, 0.2) is 0 Å². The first kappa shape index (κ1) is 11.9. The van der Waals surface area contributed by atoms with Crippen LogP contribution in [0.2, 0.25) is 0 Å². The standard InChI is InChI=1S/C10H20F2N2/c1-8-4-5-13-10(2,3)7-14(8)6-9(11)12/h8-9,13H,4-7H2,1-3H3. The molecule has 0 radical (unpaired) electrons. The Hall–Kier alpha value is -0.220. The quantitative estimate of drug-likeness (QED) is 0.740. The molecule has 0 aromatic rings. The lowest BCUT2D eigenvalue weighted by molar-refractivity contribution is 0.0625. The molecule has 1 rings (SSSR count). The van der Waals surface area contributed by atoms with Crippen LogP contribution in [0.4, 0.5) is 8.78 Å². The van der Waals surface area contributed by atoms with E-state index < -0.39 is 6.43 Å². The largest absolute Gasteiger partial charge is 0.310 e. The summed E-state index contributed by atoms with van der Waals surface area (Å²) in [6.07, 6.45) is -1.29. The summed E-state index contributed by atoms with van der Waals surface area (Å²) in [5.41, 5.74) is -0.0559. The molecule has 1 atom stereocenters. The van der Waals surface area contributed by atoms with Crippen LogP contribution in [-0.4, -0.2) is 42.5 Å². The van der Waals surface area contributed by atoms with E-state index in [1.54, 1.807) is 0 Å². The van der Waals surface area contributed by atoms with Gasteiger partial charge in [-0.3, -0.25) is 4.90 Å². The van der Waals surface area contributed by atoms with Crippen LogP contribution in [-0.2, 0) is 0 Å². The van der Waals surface area contributed by atoms with Gasteiger partial charge in [-0.1, -0.05) is 0 Å². The van der Waals surface area contributed by atoms with Crippen molar-refractivity contribution in [1.29, 1.82) is 0 Å². The predicted octanol–water partition coefficient (Wildman–Crippen LogP) is 1.71. The normalized spacial score (nSPS) is 29.1. The first-order chi connectivity index (χ1) is 6.41. The van der Waals surface area contributed by atoms with Crippen molar-refractivity contribution in [2.75, 3.05) is 19.6 Å². The molecule has 1 fully saturated rings. The number of rotatable bonds is 2. The molecule has 14 heavy (non-hydrogen) atoms. The third-order valence-electron chi connectivity index (χ3n) is 2.76. The van der Waals surface area contributed by atoms with Crippen molar-refractivity contribution < 1.29 is 8.78 Å². The molecule has 0 aromatic heterocycles. The Kier molecular flexibility index (Phi) is 3.84. The lowest BCUT2D eigenvalue weighted by Crippen LogP contribution is -2.48. The van der Waals surface area contributed by atoms with Crippen molar-refractivity contribution in [1.82, 2.24) is 10.2 Å². The van der Waals surface area contributed by atoms with Gasteiger partial charge >= 0.3 is 0 Å². The molecule has 0 aliphatic carbocycles. The first-order valence-electron chi connectivity index (χ1n) is 5.18. The highest BCUT2D eigenvalue weighted by Crippen LogP contribution is 2.16. The van der Waals surface area contributed by atoms with Crippen LogP contribution in [0.5, 0.6) is 0 Å². The Balaban J connectivity index is 2.59. The monoisotopic (exact) mass is 206 g/mol. The summed E-state index contributed by atoms with van der Waals surface area (Å²) in [7, 11) is 0. The lowest BCUT2D eigenvalue weighted by Gasteiger charge is -2.32. The molecule has 0 amide bonds. The molecule has 1 aliphatic heterocycles. The summed E-state index contributed by atoms with van der Waals surface area (Å²) in [5.74, 6) is 0. The fraction of sp³-hybridized carbons (Fsp3) is 1.00. The van der Waals surface area contributed by atoms with E-state index in [9.17, 15) is 8.78 Å². The average Bonchev–Trinajstić information content (AvgIpc) is 2.10. The van der Waals surface area contributed by atoms with Crippen LogP contribution >= 0.6 is 0 Å². The fourth-order valence-corrected chi connectivity index (χ4v) is 1.94. The van der Waals surface area contributed by atoms with Crippen LogP contribution in [0.25, 0.3) is 0 Å². The van der Waals surface area contributed by atoms with Crippen molar-refractivity contribution in [3.05, 3.63) is 0 Å². The van der Waals surface area contributed by atoms with Crippen LogP contribution in [0.1, 0.15) is 27.2 Å². The molecular formula is C10H20F2N2. The molecule has 2 nitrogen and oxygen atoms in total. The molecule has 84 valence electrons. The van der Waals surface area contributed by atoms with Gasteiger partial charge in [0.1, 0.15) is 0 Å². The molecular weight excluding hydrogens is 186 g/mol. The highest BCUT2D eigenvalue weighted by atomic mass is 19.3. The zero-order chi connectivity index (χ0) is 10.8. The molecule has 0 bridgehead atoms. The van der Waals surface area contributed by atoms with E-state index in [2.05, 4.69) is 19.2 Å². The number of alkyl halides is 2.